The van der Waals surface area contributed by atoms with Crippen LogP contribution in [0.25, 0.3) is 0 Å². The SMILES string of the molecule is COC(N)C1=CN(C)C(N)C=C1. The van der Waals surface area contributed by atoms with Crippen LogP contribution in [0.5, 0.6) is 0 Å². The lowest BCUT2D eigenvalue weighted by molar-refractivity contribution is 0.137. The second-order valence-corrected chi connectivity index (χ2v) is 2.80. The second-order valence-electron chi connectivity index (χ2n) is 2.80. The van der Waals surface area contributed by atoms with E-state index < -0.39 is 0 Å². The highest BCUT2D eigenvalue weighted by atomic mass is 16.5. The molecular formula is C8H15N3O. The molecule has 0 radical (unpaired) electrons. The third kappa shape index (κ3) is 1.85. The van der Waals surface area contributed by atoms with Gasteiger partial charge in [0.1, 0.15) is 6.23 Å². The largest absolute Gasteiger partial charge is 0.362 e. The quantitative estimate of drug-likeness (QED) is 0.551. The number of hydrogen-bond acceptors (Lipinski definition) is 4. The molecule has 2 atom stereocenters. The summed E-state index contributed by atoms with van der Waals surface area (Å²) in [6, 6.07) is 0. The van der Waals surface area contributed by atoms with Crippen LogP contribution >= 0.6 is 0 Å². The van der Waals surface area contributed by atoms with E-state index in [-0.39, 0.29) is 12.4 Å². The summed E-state index contributed by atoms with van der Waals surface area (Å²) in [5.41, 5.74) is 12.3. The smallest absolute Gasteiger partial charge is 0.132 e. The summed E-state index contributed by atoms with van der Waals surface area (Å²) in [6.45, 7) is 0. The first-order valence-electron chi connectivity index (χ1n) is 3.81. The third-order valence-electron chi connectivity index (χ3n) is 1.89. The van der Waals surface area contributed by atoms with Crippen molar-refractivity contribution in [2.75, 3.05) is 14.2 Å². The molecule has 0 spiro atoms. The van der Waals surface area contributed by atoms with Crippen LogP contribution < -0.4 is 11.5 Å². The monoisotopic (exact) mass is 169 g/mol. The molecule has 1 rings (SSSR count). The van der Waals surface area contributed by atoms with Crippen LogP contribution in [-0.2, 0) is 4.74 Å². The van der Waals surface area contributed by atoms with E-state index in [1.54, 1.807) is 7.11 Å². The van der Waals surface area contributed by atoms with Crippen molar-refractivity contribution in [1.29, 1.82) is 0 Å². The number of hydrogen-bond donors (Lipinski definition) is 2. The van der Waals surface area contributed by atoms with E-state index in [1.807, 2.05) is 30.3 Å². The van der Waals surface area contributed by atoms with E-state index in [9.17, 15) is 0 Å². The van der Waals surface area contributed by atoms with Crippen molar-refractivity contribution in [1.82, 2.24) is 4.90 Å². The summed E-state index contributed by atoms with van der Waals surface area (Å²) >= 11 is 0. The summed E-state index contributed by atoms with van der Waals surface area (Å²) in [5, 5.41) is 0. The van der Waals surface area contributed by atoms with E-state index >= 15 is 0 Å². The zero-order valence-electron chi connectivity index (χ0n) is 7.40. The third-order valence-corrected chi connectivity index (χ3v) is 1.89. The summed E-state index contributed by atoms with van der Waals surface area (Å²) in [7, 11) is 3.48. The first-order chi connectivity index (χ1) is 5.65. The average molecular weight is 169 g/mol. The second kappa shape index (κ2) is 3.71. The topological polar surface area (TPSA) is 64.5 Å². The van der Waals surface area contributed by atoms with Gasteiger partial charge in [-0.25, -0.2) is 0 Å². The van der Waals surface area contributed by atoms with Gasteiger partial charge in [0.2, 0.25) is 0 Å². The van der Waals surface area contributed by atoms with Gasteiger partial charge in [-0.15, -0.1) is 0 Å². The molecule has 68 valence electrons. The molecule has 0 amide bonds. The van der Waals surface area contributed by atoms with Crippen LogP contribution in [0.4, 0.5) is 0 Å². The maximum absolute atomic E-state index is 5.69. The molecule has 0 saturated heterocycles. The fourth-order valence-corrected chi connectivity index (χ4v) is 1.01. The van der Waals surface area contributed by atoms with Gasteiger partial charge in [0.25, 0.3) is 0 Å². The molecule has 2 unspecified atom stereocenters. The van der Waals surface area contributed by atoms with Gasteiger partial charge in [0.05, 0.1) is 6.17 Å². The Kier molecular flexibility index (Phi) is 2.86. The van der Waals surface area contributed by atoms with Gasteiger partial charge in [-0.05, 0) is 6.08 Å². The van der Waals surface area contributed by atoms with Crippen molar-refractivity contribution in [3.05, 3.63) is 23.9 Å². The van der Waals surface area contributed by atoms with Crippen molar-refractivity contribution in [2.45, 2.75) is 12.4 Å². The van der Waals surface area contributed by atoms with Gasteiger partial charge < -0.3 is 21.1 Å². The van der Waals surface area contributed by atoms with Crippen molar-refractivity contribution in [3.63, 3.8) is 0 Å². The Morgan fingerprint density at radius 2 is 2.33 bits per heavy atom. The number of nitrogens with two attached hydrogens (primary N) is 2. The average Bonchev–Trinajstić information content (AvgIpc) is 2.08. The van der Waals surface area contributed by atoms with Crippen molar-refractivity contribution in [3.8, 4) is 0 Å². The number of methoxy groups -OCH3 is 1. The van der Waals surface area contributed by atoms with Crippen LogP contribution in [0.1, 0.15) is 0 Å². The van der Waals surface area contributed by atoms with Crippen LogP contribution in [0.2, 0.25) is 0 Å². The minimum Gasteiger partial charge on any atom is -0.362 e. The summed E-state index contributed by atoms with van der Waals surface area (Å²) in [4.78, 5) is 1.88. The molecular weight excluding hydrogens is 154 g/mol. The van der Waals surface area contributed by atoms with Crippen LogP contribution in [0, 0.1) is 0 Å². The molecule has 12 heavy (non-hydrogen) atoms. The highest BCUT2D eigenvalue weighted by Crippen LogP contribution is 2.11. The first-order valence-corrected chi connectivity index (χ1v) is 3.81. The Labute approximate surface area is 72.5 Å². The van der Waals surface area contributed by atoms with Gasteiger partial charge in [0.15, 0.2) is 0 Å². The lowest BCUT2D eigenvalue weighted by Crippen LogP contribution is -2.37. The predicted octanol–water partition coefficient (Wildman–Crippen LogP) is -0.412. The molecule has 0 aliphatic carbocycles. The molecule has 4 heteroatoms. The highest BCUT2D eigenvalue weighted by Gasteiger charge is 2.12. The molecule has 4 nitrogen and oxygen atoms in total. The van der Waals surface area contributed by atoms with Crippen LogP contribution in [0.15, 0.2) is 23.9 Å². The van der Waals surface area contributed by atoms with E-state index in [4.69, 9.17) is 16.2 Å². The standard InChI is InChI=1S/C8H15N3O/c1-11-5-6(8(10)12-2)3-4-7(11)9/h3-5,7-8H,9-10H2,1-2H3. The number of likely N-dealkylation sites (N-methyl/N-ethyl adjacent to an activating group) is 1. The summed E-state index contributed by atoms with van der Waals surface area (Å²) in [6.07, 6.45) is 5.24. The maximum atomic E-state index is 5.69. The minimum atomic E-state index is -0.365. The maximum Gasteiger partial charge on any atom is 0.132 e. The minimum absolute atomic E-state index is 0.0576. The fourth-order valence-electron chi connectivity index (χ4n) is 1.01. The number of rotatable bonds is 2. The molecule has 0 aromatic rings. The molecule has 0 fully saturated rings. The molecule has 0 bridgehead atoms. The van der Waals surface area contributed by atoms with Crippen molar-refractivity contribution >= 4 is 0 Å². The Bertz CT molecular complexity index is 212. The van der Waals surface area contributed by atoms with Crippen LogP contribution in [0.3, 0.4) is 0 Å². The molecule has 1 aliphatic heterocycles. The molecule has 1 aliphatic rings. The normalized spacial score (nSPS) is 25.5. The lowest BCUT2D eigenvalue weighted by atomic mass is 10.1. The lowest BCUT2D eigenvalue weighted by Gasteiger charge is -2.26. The van der Waals surface area contributed by atoms with Gasteiger partial charge >= 0.3 is 0 Å². The highest BCUT2D eigenvalue weighted by molar-refractivity contribution is 5.26. The van der Waals surface area contributed by atoms with E-state index in [0.29, 0.717) is 0 Å². The van der Waals surface area contributed by atoms with E-state index in [1.165, 1.54) is 0 Å². The molecule has 0 aromatic carbocycles. The van der Waals surface area contributed by atoms with E-state index in [0.717, 1.165) is 5.57 Å². The zero-order valence-corrected chi connectivity index (χ0v) is 7.40. The first kappa shape index (κ1) is 9.25. The number of nitrogens with zero attached hydrogens (tertiary/aromatic N) is 1. The van der Waals surface area contributed by atoms with Gasteiger partial charge in [-0.1, -0.05) is 6.08 Å². The molecule has 1 heterocycles. The fraction of sp³-hybridized carbons (Fsp3) is 0.500. The summed E-state index contributed by atoms with van der Waals surface area (Å²) in [5.74, 6) is 0. The Morgan fingerprint density at radius 3 is 2.83 bits per heavy atom. The Hall–Kier alpha value is -0.840. The Balaban J connectivity index is 2.69. The zero-order chi connectivity index (χ0) is 9.14. The van der Waals surface area contributed by atoms with Crippen LogP contribution in [-0.4, -0.2) is 31.5 Å². The predicted molar refractivity (Wildman–Crippen MR) is 47.9 cm³/mol. The van der Waals surface area contributed by atoms with Crippen molar-refractivity contribution in [2.24, 2.45) is 11.5 Å². The van der Waals surface area contributed by atoms with Gasteiger partial charge in [-0.3, -0.25) is 0 Å². The van der Waals surface area contributed by atoms with Gasteiger partial charge in [-0.2, -0.15) is 0 Å². The van der Waals surface area contributed by atoms with Crippen molar-refractivity contribution < 1.29 is 4.74 Å². The molecule has 0 aromatic heterocycles. The summed E-state index contributed by atoms with van der Waals surface area (Å²) < 4.78 is 4.96. The molecule has 0 saturated carbocycles. The number of ether oxygens (including phenoxy) is 1. The Morgan fingerprint density at radius 1 is 1.67 bits per heavy atom. The molecule has 4 N–H and O–H groups in total. The van der Waals surface area contributed by atoms with Gasteiger partial charge in [0, 0.05) is 25.9 Å². The van der Waals surface area contributed by atoms with E-state index in [2.05, 4.69) is 0 Å².